The smallest absolute Gasteiger partial charge is 0.341 e. The largest absolute Gasteiger partial charge is 0.477 e. The van der Waals surface area contributed by atoms with Crippen LogP contribution in [0.15, 0.2) is 47.4 Å². The molecule has 146 valence electrons. The summed E-state index contributed by atoms with van der Waals surface area (Å²) in [4.78, 5) is 40.9. The van der Waals surface area contributed by atoms with Gasteiger partial charge in [-0.1, -0.05) is 6.08 Å². The Kier molecular flexibility index (Phi) is 4.18. The molecule has 1 aliphatic heterocycles. The first-order chi connectivity index (χ1) is 13.8. The predicted octanol–water partition coefficient (Wildman–Crippen LogP) is 2.40. The van der Waals surface area contributed by atoms with Gasteiger partial charge in [0, 0.05) is 24.9 Å². The van der Waals surface area contributed by atoms with Crippen molar-refractivity contribution in [2.24, 2.45) is 0 Å². The number of carbonyl (C=O) groups is 2. The van der Waals surface area contributed by atoms with E-state index in [9.17, 15) is 32.7 Å². The van der Waals surface area contributed by atoms with Gasteiger partial charge in [-0.15, -0.1) is 0 Å². The summed E-state index contributed by atoms with van der Waals surface area (Å²) in [5, 5.41) is 8.86. The minimum atomic E-state index is -1.61. The van der Waals surface area contributed by atoms with Crippen LogP contribution in [0.1, 0.15) is 10.4 Å². The van der Waals surface area contributed by atoms with E-state index in [1.165, 1.54) is 12.2 Å². The van der Waals surface area contributed by atoms with Gasteiger partial charge in [-0.25, -0.2) is 22.9 Å². The fourth-order valence-electron chi connectivity index (χ4n) is 3.05. The Hall–Kier alpha value is -3.95. The average molecular weight is 401 g/mol. The molecule has 4 rings (SSSR count). The first kappa shape index (κ1) is 18.4. The lowest BCUT2D eigenvalue weighted by Crippen LogP contribution is -2.28. The van der Waals surface area contributed by atoms with Crippen LogP contribution in [-0.2, 0) is 4.79 Å². The van der Waals surface area contributed by atoms with E-state index in [0.29, 0.717) is 6.07 Å². The number of pyridine rings is 2. The molecule has 1 aliphatic rings. The summed E-state index contributed by atoms with van der Waals surface area (Å²) in [6.07, 6.45) is 3.52. The third-order valence-electron chi connectivity index (χ3n) is 4.38. The number of carboxylic acid groups (broad SMARTS) is 1. The van der Waals surface area contributed by atoms with Crippen LogP contribution in [0, 0.1) is 17.5 Å². The summed E-state index contributed by atoms with van der Waals surface area (Å²) in [7, 11) is 0. The Labute approximate surface area is 159 Å². The zero-order valence-electron chi connectivity index (χ0n) is 14.4. The Bertz CT molecular complexity index is 1300. The molecule has 2 aromatic heterocycles. The number of fused-ring (bicyclic) bond motifs is 1. The highest BCUT2D eigenvalue weighted by molar-refractivity contribution is 6.04. The minimum absolute atomic E-state index is 0.0383. The van der Waals surface area contributed by atoms with Crippen LogP contribution in [0.3, 0.4) is 0 Å². The Morgan fingerprint density at radius 1 is 1.10 bits per heavy atom. The molecule has 0 radical (unpaired) electrons. The Balaban J connectivity index is 2.09. The molecule has 7 nitrogen and oxygen atoms in total. The Morgan fingerprint density at radius 2 is 1.86 bits per heavy atom. The van der Waals surface area contributed by atoms with E-state index in [0.717, 1.165) is 33.9 Å². The number of carbonyl (C=O) groups excluding carboxylic acids is 1. The Morgan fingerprint density at radius 3 is 2.48 bits per heavy atom. The topological polar surface area (TPSA) is 92.5 Å². The van der Waals surface area contributed by atoms with Gasteiger partial charge < -0.3 is 5.11 Å². The highest BCUT2D eigenvalue weighted by atomic mass is 19.1. The molecular weight excluding hydrogens is 391 g/mol. The molecule has 10 heteroatoms. The van der Waals surface area contributed by atoms with E-state index in [-0.39, 0.29) is 17.9 Å². The average Bonchev–Trinajstić information content (AvgIpc) is 3.08. The van der Waals surface area contributed by atoms with Crippen molar-refractivity contribution in [2.45, 2.75) is 0 Å². The van der Waals surface area contributed by atoms with Crippen LogP contribution in [0.4, 0.5) is 19.0 Å². The molecule has 0 aliphatic carbocycles. The second-order valence-corrected chi connectivity index (χ2v) is 6.16. The first-order valence-corrected chi connectivity index (χ1v) is 8.20. The minimum Gasteiger partial charge on any atom is -0.477 e. The number of rotatable bonds is 3. The summed E-state index contributed by atoms with van der Waals surface area (Å²) < 4.78 is 43.2. The van der Waals surface area contributed by atoms with Crippen molar-refractivity contribution in [3.05, 3.63) is 75.9 Å². The lowest BCUT2D eigenvalue weighted by molar-refractivity contribution is -0.113. The van der Waals surface area contributed by atoms with Crippen molar-refractivity contribution in [1.82, 2.24) is 9.55 Å². The van der Waals surface area contributed by atoms with E-state index in [4.69, 9.17) is 0 Å². The summed E-state index contributed by atoms with van der Waals surface area (Å²) in [6, 6.07) is 3.27. The van der Waals surface area contributed by atoms with Gasteiger partial charge in [0.1, 0.15) is 17.2 Å². The van der Waals surface area contributed by atoms with Gasteiger partial charge in [0.15, 0.2) is 17.3 Å². The van der Waals surface area contributed by atoms with Crippen LogP contribution in [-0.4, -0.2) is 33.1 Å². The maximum atomic E-state index is 14.6. The number of carboxylic acids is 1. The molecule has 1 aromatic carbocycles. The second kappa shape index (κ2) is 6.59. The molecule has 3 aromatic rings. The van der Waals surface area contributed by atoms with Crippen LogP contribution in [0.25, 0.3) is 16.7 Å². The molecule has 0 saturated heterocycles. The maximum absolute atomic E-state index is 14.6. The van der Waals surface area contributed by atoms with Crippen molar-refractivity contribution in [1.29, 1.82) is 0 Å². The van der Waals surface area contributed by atoms with Gasteiger partial charge in [0.25, 0.3) is 5.91 Å². The van der Waals surface area contributed by atoms with Crippen LogP contribution < -0.4 is 10.3 Å². The number of nitrogens with zero attached hydrogens (tertiary/aromatic N) is 3. The normalized spacial score (nSPS) is 13.5. The number of anilines is 1. The summed E-state index contributed by atoms with van der Waals surface area (Å²) in [6.45, 7) is 0.0383. The molecular formula is C19H10F3N3O4. The van der Waals surface area contributed by atoms with E-state index >= 15 is 0 Å². The molecule has 0 unspecified atom stereocenters. The van der Waals surface area contributed by atoms with Gasteiger partial charge in [-0.3, -0.25) is 19.1 Å². The number of aromatic carboxylic acids is 1. The van der Waals surface area contributed by atoms with E-state index in [1.54, 1.807) is 0 Å². The zero-order chi connectivity index (χ0) is 20.9. The summed E-state index contributed by atoms with van der Waals surface area (Å²) in [5.41, 5.74) is -2.39. The molecule has 1 N–H and O–H groups in total. The number of aromatic nitrogens is 2. The van der Waals surface area contributed by atoms with Gasteiger partial charge >= 0.3 is 5.97 Å². The molecule has 0 atom stereocenters. The fraction of sp³-hybridized carbons (Fsp3) is 0.0526. The van der Waals surface area contributed by atoms with E-state index in [2.05, 4.69) is 4.98 Å². The SMILES string of the molecule is O=C(O)c1cn(-c2ccc(F)cc2F)c2nc(N3CC=CC3=O)c(F)cc2c1=O. The highest BCUT2D eigenvalue weighted by Crippen LogP contribution is 2.26. The van der Waals surface area contributed by atoms with Crippen molar-refractivity contribution < 1.29 is 27.9 Å². The predicted molar refractivity (Wildman–Crippen MR) is 95.7 cm³/mol. The second-order valence-electron chi connectivity index (χ2n) is 6.16. The summed E-state index contributed by atoms with van der Waals surface area (Å²) >= 11 is 0. The van der Waals surface area contributed by atoms with E-state index in [1.807, 2.05) is 0 Å². The number of amides is 1. The van der Waals surface area contributed by atoms with Gasteiger partial charge in [-0.05, 0) is 18.2 Å². The number of hydrogen-bond donors (Lipinski definition) is 1. The number of benzene rings is 1. The van der Waals surface area contributed by atoms with Crippen molar-refractivity contribution >= 4 is 28.7 Å². The van der Waals surface area contributed by atoms with Gasteiger partial charge in [-0.2, -0.15) is 0 Å². The van der Waals surface area contributed by atoms with Gasteiger partial charge in [0.05, 0.1) is 11.1 Å². The quantitative estimate of drug-likeness (QED) is 0.728. The van der Waals surface area contributed by atoms with Crippen molar-refractivity contribution in [2.75, 3.05) is 11.4 Å². The molecule has 1 amide bonds. The highest BCUT2D eigenvalue weighted by Gasteiger charge is 2.25. The number of halogens is 3. The fourth-order valence-corrected chi connectivity index (χ4v) is 3.05. The standard InChI is InChI=1S/C19H10F3N3O4/c20-9-3-4-14(12(21)6-9)25-8-11(19(28)29)16(27)10-7-13(22)18(23-17(10)25)24-5-1-2-15(24)26/h1-4,6-8H,5H2,(H,28,29). The first-order valence-electron chi connectivity index (χ1n) is 8.20. The molecule has 0 spiro atoms. The van der Waals surface area contributed by atoms with Crippen LogP contribution in [0.2, 0.25) is 0 Å². The lowest BCUT2D eigenvalue weighted by Gasteiger charge is -2.18. The molecule has 0 bridgehead atoms. The van der Waals surface area contributed by atoms with Crippen LogP contribution >= 0.6 is 0 Å². The third kappa shape index (κ3) is 2.94. The van der Waals surface area contributed by atoms with Crippen LogP contribution in [0.5, 0.6) is 0 Å². The van der Waals surface area contributed by atoms with E-state index < -0.39 is 51.5 Å². The molecule has 3 heterocycles. The zero-order valence-corrected chi connectivity index (χ0v) is 14.4. The van der Waals surface area contributed by atoms with Gasteiger partial charge in [0.2, 0.25) is 5.43 Å². The monoisotopic (exact) mass is 401 g/mol. The maximum Gasteiger partial charge on any atom is 0.341 e. The summed E-state index contributed by atoms with van der Waals surface area (Å²) in [5.74, 6) is -5.52. The molecule has 0 fully saturated rings. The molecule has 0 saturated carbocycles. The van der Waals surface area contributed by atoms with Crippen molar-refractivity contribution in [3.8, 4) is 5.69 Å². The number of hydrogen-bond acceptors (Lipinski definition) is 4. The molecule has 29 heavy (non-hydrogen) atoms. The third-order valence-corrected chi connectivity index (χ3v) is 4.38. The van der Waals surface area contributed by atoms with Crippen molar-refractivity contribution in [3.63, 3.8) is 0 Å². The lowest BCUT2D eigenvalue weighted by atomic mass is 10.1.